The van der Waals surface area contributed by atoms with Crippen molar-refractivity contribution in [2.24, 2.45) is 0 Å². The molecule has 0 saturated carbocycles. The molecule has 0 radical (unpaired) electrons. The summed E-state index contributed by atoms with van der Waals surface area (Å²) in [7, 11) is 0. The average molecular weight is 415 g/mol. The number of benzene rings is 2. The zero-order valence-corrected chi connectivity index (χ0v) is 16.8. The summed E-state index contributed by atoms with van der Waals surface area (Å²) in [4.78, 5) is 30.5. The first kappa shape index (κ1) is 18.8. The van der Waals surface area contributed by atoms with Gasteiger partial charge in [-0.25, -0.2) is 9.78 Å². The molecule has 1 aromatic heterocycles. The quantitative estimate of drug-likeness (QED) is 0.645. The summed E-state index contributed by atoms with van der Waals surface area (Å²) in [5, 5.41) is 3.56. The highest BCUT2D eigenvalue weighted by Gasteiger charge is 2.31. The molecule has 1 atom stereocenters. The van der Waals surface area contributed by atoms with Gasteiger partial charge in [-0.1, -0.05) is 53.7 Å². The molecule has 4 rings (SSSR count). The van der Waals surface area contributed by atoms with E-state index < -0.39 is 5.25 Å². The third-order valence-electron chi connectivity index (χ3n) is 4.61. The zero-order valence-electron chi connectivity index (χ0n) is 15.3. The third kappa shape index (κ3) is 3.72. The SMILES string of the molecule is CC(Sc1nc2cc(Cl)ccc2n1Cc1ccccc1)C(=O)N1CCNC1=O. The van der Waals surface area contributed by atoms with Crippen molar-refractivity contribution in [2.45, 2.75) is 23.9 Å². The molecule has 3 amide bonds. The predicted molar refractivity (Wildman–Crippen MR) is 111 cm³/mol. The second-order valence-electron chi connectivity index (χ2n) is 6.58. The second kappa shape index (κ2) is 7.85. The van der Waals surface area contributed by atoms with Crippen LogP contribution >= 0.6 is 23.4 Å². The highest BCUT2D eigenvalue weighted by Crippen LogP contribution is 2.30. The van der Waals surface area contributed by atoms with E-state index in [9.17, 15) is 9.59 Å². The van der Waals surface area contributed by atoms with E-state index >= 15 is 0 Å². The van der Waals surface area contributed by atoms with Crippen molar-refractivity contribution in [3.8, 4) is 0 Å². The van der Waals surface area contributed by atoms with Gasteiger partial charge in [-0.15, -0.1) is 0 Å². The molecule has 0 spiro atoms. The van der Waals surface area contributed by atoms with Gasteiger partial charge in [0.1, 0.15) is 0 Å². The van der Waals surface area contributed by atoms with Gasteiger partial charge in [-0.05, 0) is 30.7 Å². The van der Waals surface area contributed by atoms with Crippen LogP contribution in [0.15, 0.2) is 53.7 Å². The van der Waals surface area contributed by atoms with E-state index in [0.717, 1.165) is 21.8 Å². The number of carbonyl (C=O) groups is 2. The Bertz CT molecular complexity index is 1040. The number of imidazole rings is 1. The van der Waals surface area contributed by atoms with E-state index in [1.807, 2.05) is 36.4 Å². The zero-order chi connectivity index (χ0) is 19.7. The summed E-state index contributed by atoms with van der Waals surface area (Å²) >= 11 is 7.49. The van der Waals surface area contributed by atoms with Gasteiger partial charge in [0.25, 0.3) is 0 Å². The van der Waals surface area contributed by atoms with Crippen LogP contribution in [0.3, 0.4) is 0 Å². The van der Waals surface area contributed by atoms with Gasteiger partial charge in [0, 0.05) is 18.1 Å². The first-order valence-electron chi connectivity index (χ1n) is 8.98. The van der Waals surface area contributed by atoms with Crippen LogP contribution in [0.4, 0.5) is 4.79 Å². The van der Waals surface area contributed by atoms with Crippen LogP contribution in [0, 0.1) is 0 Å². The standard InChI is InChI=1S/C20H19ClN4O2S/c1-13(18(26)24-10-9-22-19(24)27)28-20-23-16-11-15(21)7-8-17(16)25(20)12-14-5-3-2-4-6-14/h2-8,11,13H,9-10,12H2,1H3,(H,22,27). The van der Waals surface area contributed by atoms with E-state index in [2.05, 4.69) is 22.0 Å². The summed E-state index contributed by atoms with van der Waals surface area (Å²) in [5.74, 6) is -0.212. The fraction of sp³-hybridized carbons (Fsp3) is 0.250. The minimum Gasteiger partial charge on any atom is -0.336 e. The van der Waals surface area contributed by atoms with E-state index in [1.165, 1.54) is 16.7 Å². The number of amides is 3. The Balaban J connectivity index is 1.66. The van der Waals surface area contributed by atoms with Crippen LogP contribution in [0.5, 0.6) is 0 Å². The molecule has 0 aliphatic carbocycles. The van der Waals surface area contributed by atoms with Crippen molar-refractivity contribution < 1.29 is 9.59 Å². The number of halogens is 1. The molecule has 0 bridgehead atoms. The highest BCUT2D eigenvalue weighted by atomic mass is 35.5. The van der Waals surface area contributed by atoms with Gasteiger partial charge < -0.3 is 9.88 Å². The number of nitrogens with zero attached hydrogens (tertiary/aromatic N) is 3. The van der Waals surface area contributed by atoms with E-state index in [1.54, 1.807) is 6.92 Å². The molecule has 1 unspecified atom stereocenters. The van der Waals surface area contributed by atoms with Gasteiger partial charge in [-0.3, -0.25) is 9.69 Å². The highest BCUT2D eigenvalue weighted by molar-refractivity contribution is 8.00. The maximum Gasteiger partial charge on any atom is 0.324 e. The van der Waals surface area contributed by atoms with Crippen molar-refractivity contribution in [1.29, 1.82) is 0 Å². The molecule has 8 heteroatoms. The van der Waals surface area contributed by atoms with Gasteiger partial charge >= 0.3 is 6.03 Å². The number of fused-ring (bicyclic) bond motifs is 1. The second-order valence-corrected chi connectivity index (χ2v) is 8.33. The summed E-state index contributed by atoms with van der Waals surface area (Å²) in [6.45, 7) is 3.33. The molecule has 2 heterocycles. The lowest BCUT2D eigenvalue weighted by molar-refractivity contribution is -0.126. The van der Waals surface area contributed by atoms with Crippen LogP contribution in [-0.4, -0.2) is 44.7 Å². The molecule has 3 aromatic rings. The Morgan fingerprint density at radius 3 is 2.79 bits per heavy atom. The first-order valence-corrected chi connectivity index (χ1v) is 10.2. The van der Waals surface area contributed by atoms with Crippen molar-refractivity contribution in [3.05, 3.63) is 59.1 Å². The molecule has 1 aliphatic heterocycles. The number of rotatable bonds is 5. The Morgan fingerprint density at radius 2 is 2.07 bits per heavy atom. The maximum atomic E-state index is 12.7. The topological polar surface area (TPSA) is 67.2 Å². The molecule has 1 N–H and O–H groups in total. The Labute approximate surface area is 171 Å². The molecule has 144 valence electrons. The fourth-order valence-corrected chi connectivity index (χ4v) is 4.35. The van der Waals surface area contributed by atoms with E-state index in [0.29, 0.717) is 24.7 Å². The summed E-state index contributed by atoms with van der Waals surface area (Å²) < 4.78 is 2.08. The van der Waals surface area contributed by atoms with Crippen molar-refractivity contribution >= 4 is 46.3 Å². The van der Waals surface area contributed by atoms with Gasteiger partial charge in [-0.2, -0.15) is 0 Å². The number of aromatic nitrogens is 2. The van der Waals surface area contributed by atoms with Crippen LogP contribution in [0.25, 0.3) is 11.0 Å². The Hall–Kier alpha value is -2.51. The molecule has 1 aliphatic rings. The van der Waals surface area contributed by atoms with Crippen molar-refractivity contribution in [2.75, 3.05) is 13.1 Å². The maximum absolute atomic E-state index is 12.7. The number of carbonyl (C=O) groups excluding carboxylic acids is 2. The van der Waals surface area contributed by atoms with Gasteiger partial charge in [0.2, 0.25) is 5.91 Å². The lowest BCUT2D eigenvalue weighted by Gasteiger charge is -2.17. The molecule has 1 saturated heterocycles. The van der Waals surface area contributed by atoms with Crippen molar-refractivity contribution in [1.82, 2.24) is 19.8 Å². The lowest BCUT2D eigenvalue weighted by atomic mass is 10.2. The first-order chi connectivity index (χ1) is 13.5. The Kier molecular flexibility index (Phi) is 5.28. The van der Waals surface area contributed by atoms with Crippen LogP contribution in [0.1, 0.15) is 12.5 Å². The van der Waals surface area contributed by atoms with Crippen LogP contribution < -0.4 is 5.32 Å². The normalized spacial score (nSPS) is 15.1. The number of nitrogens with one attached hydrogen (secondary N) is 1. The summed E-state index contributed by atoms with van der Waals surface area (Å²) in [6, 6.07) is 15.4. The Morgan fingerprint density at radius 1 is 1.29 bits per heavy atom. The molecule has 2 aromatic carbocycles. The van der Waals surface area contributed by atoms with E-state index in [-0.39, 0.29) is 11.9 Å². The average Bonchev–Trinajstić information content (AvgIpc) is 3.25. The van der Waals surface area contributed by atoms with Crippen LogP contribution in [0.2, 0.25) is 5.02 Å². The van der Waals surface area contributed by atoms with Gasteiger partial charge in [0.05, 0.1) is 22.8 Å². The van der Waals surface area contributed by atoms with Crippen LogP contribution in [-0.2, 0) is 11.3 Å². The van der Waals surface area contributed by atoms with Crippen molar-refractivity contribution in [3.63, 3.8) is 0 Å². The number of hydrogen-bond acceptors (Lipinski definition) is 4. The minimum absolute atomic E-state index is 0.212. The molecular formula is C20H19ClN4O2S. The summed E-state index contributed by atoms with van der Waals surface area (Å²) in [6.07, 6.45) is 0. The third-order valence-corrected chi connectivity index (χ3v) is 5.92. The van der Waals surface area contributed by atoms with Gasteiger partial charge in [0.15, 0.2) is 5.16 Å². The number of hydrogen-bond donors (Lipinski definition) is 1. The largest absolute Gasteiger partial charge is 0.336 e. The monoisotopic (exact) mass is 414 g/mol. The molecular weight excluding hydrogens is 396 g/mol. The molecule has 6 nitrogen and oxygen atoms in total. The van der Waals surface area contributed by atoms with E-state index in [4.69, 9.17) is 16.6 Å². The minimum atomic E-state index is -0.439. The predicted octanol–water partition coefficient (Wildman–Crippen LogP) is 3.77. The number of urea groups is 1. The molecule has 28 heavy (non-hydrogen) atoms. The summed E-state index contributed by atoms with van der Waals surface area (Å²) in [5.41, 5.74) is 2.87. The fourth-order valence-electron chi connectivity index (χ4n) is 3.20. The smallest absolute Gasteiger partial charge is 0.324 e. The molecule has 1 fully saturated rings. The lowest BCUT2D eigenvalue weighted by Crippen LogP contribution is -2.39. The number of imide groups is 1. The number of thioether (sulfide) groups is 1.